The zero-order chi connectivity index (χ0) is 24.0. The highest BCUT2D eigenvalue weighted by atomic mass is 32.2. The Morgan fingerprint density at radius 1 is 1.23 bits per heavy atom. The Morgan fingerprint density at radius 2 is 1.84 bits per heavy atom. The fourth-order valence-electron chi connectivity index (χ4n) is 3.70. The van der Waals surface area contributed by atoms with Crippen molar-refractivity contribution >= 4 is 31.3 Å². The number of hydrogen-bond acceptors (Lipinski definition) is 5. The highest BCUT2D eigenvalue weighted by molar-refractivity contribution is 8.13. The molecule has 1 amide bonds. The Hall–Kier alpha value is -0.793. The SMILES string of the molecule is C=CC[C@@H](C(=O)SCC)[C@@H]1[C@@H](CO[Si](C)(C)C(C)(C)C)CCCN1C(=O)OC(C)(C)C. The van der Waals surface area contributed by atoms with E-state index in [9.17, 15) is 9.59 Å². The van der Waals surface area contributed by atoms with Gasteiger partial charge in [0.15, 0.2) is 13.4 Å². The average Bonchev–Trinajstić information content (AvgIpc) is 2.62. The molecule has 1 heterocycles. The molecule has 0 unspecified atom stereocenters. The summed E-state index contributed by atoms with van der Waals surface area (Å²) in [5, 5.41) is 0.233. The number of likely N-dealkylation sites (tertiary alicyclic amines) is 1. The van der Waals surface area contributed by atoms with Gasteiger partial charge in [0, 0.05) is 19.1 Å². The van der Waals surface area contributed by atoms with Crippen molar-refractivity contribution in [1.29, 1.82) is 0 Å². The molecular weight excluding hydrogens is 426 g/mol. The van der Waals surface area contributed by atoms with E-state index >= 15 is 0 Å². The lowest BCUT2D eigenvalue weighted by Crippen LogP contribution is -2.56. The smallest absolute Gasteiger partial charge is 0.410 e. The van der Waals surface area contributed by atoms with Gasteiger partial charge in [-0.1, -0.05) is 45.5 Å². The van der Waals surface area contributed by atoms with E-state index in [2.05, 4.69) is 40.4 Å². The zero-order valence-electron chi connectivity index (χ0n) is 21.2. The molecule has 1 aliphatic heterocycles. The summed E-state index contributed by atoms with van der Waals surface area (Å²) >= 11 is 1.33. The maximum Gasteiger partial charge on any atom is 0.410 e. The molecule has 1 saturated heterocycles. The van der Waals surface area contributed by atoms with Gasteiger partial charge in [-0.2, -0.15) is 0 Å². The monoisotopic (exact) mass is 471 g/mol. The molecule has 5 nitrogen and oxygen atoms in total. The normalized spacial score (nSPS) is 21.5. The van der Waals surface area contributed by atoms with E-state index in [1.165, 1.54) is 11.8 Å². The van der Waals surface area contributed by atoms with Crippen LogP contribution in [0.4, 0.5) is 4.79 Å². The minimum absolute atomic E-state index is 0.0988. The van der Waals surface area contributed by atoms with Crippen LogP contribution in [0.15, 0.2) is 12.7 Å². The van der Waals surface area contributed by atoms with Crippen molar-refractivity contribution in [3.8, 4) is 0 Å². The van der Waals surface area contributed by atoms with Crippen LogP contribution in [-0.2, 0) is 14.0 Å². The lowest BCUT2D eigenvalue weighted by Gasteiger charge is -2.46. The summed E-state index contributed by atoms with van der Waals surface area (Å²) in [5.74, 6) is 0.515. The first-order valence-electron chi connectivity index (χ1n) is 11.6. The fraction of sp³-hybridized carbons (Fsp3) is 0.833. The molecule has 1 fully saturated rings. The molecule has 1 aliphatic rings. The highest BCUT2D eigenvalue weighted by Crippen LogP contribution is 2.39. The number of carbonyl (C=O) groups is 2. The number of allylic oxidation sites excluding steroid dienone is 1. The second-order valence-electron chi connectivity index (χ2n) is 11.0. The van der Waals surface area contributed by atoms with Crippen LogP contribution in [0.5, 0.6) is 0 Å². The molecule has 31 heavy (non-hydrogen) atoms. The van der Waals surface area contributed by atoms with Crippen LogP contribution < -0.4 is 0 Å². The van der Waals surface area contributed by atoms with E-state index in [4.69, 9.17) is 9.16 Å². The van der Waals surface area contributed by atoms with Crippen LogP contribution in [0.1, 0.15) is 67.7 Å². The molecule has 0 aromatic heterocycles. The number of ether oxygens (including phenoxy) is 1. The zero-order valence-corrected chi connectivity index (χ0v) is 23.1. The molecule has 0 N–H and O–H groups in total. The summed E-state index contributed by atoms with van der Waals surface area (Å²) in [5.41, 5.74) is -0.581. The van der Waals surface area contributed by atoms with Crippen molar-refractivity contribution in [2.75, 3.05) is 18.9 Å². The molecule has 7 heteroatoms. The second-order valence-corrected chi connectivity index (χ2v) is 17.1. The van der Waals surface area contributed by atoms with Gasteiger partial charge in [0.25, 0.3) is 0 Å². The molecule has 0 radical (unpaired) electrons. The van der Waals surface area contributed by atoms with Gasteiger partial charge in [-0.3, -0.25) is 4.79 Å². The quantitative estimate of drug-likeness (QED) is 0.299. The Morgan fingerprint density at radius 3 is 2.32 bits per heavy atom. The number of hydrogen-bond donors (Lipinski definition) is 0. The third-order valence-corrected chi connectivity index (χ3v) is 11.7. The van der Waals surface area contributed by atoms with Crippen LogP contribution in [0.2, 0.25) is 18.1 Å². The molecule has 1 rings (SSSR count). The van der Waals surface area contributed by atoms with Gasteiger partial charge in [0.05, 0.1) is 12.0 Å². The number of rotatable bonds is 8. The number of thioether (sulfide) groups is 1. The first-order chi connectivity index (χ1) is 14.1. The van der Waals surface area contributed by atoms with E-state index in [0.717, 1.165) is 18.6 Å². The van der Waals surface area contributed by atoms with Gasteiger partial charge in [-0.25, -0.2) is 4.79 Å². The van der Waals surface area contributed by atoms with Crippen LogP contribution >= 0.6 is 11.8 Å². The molecule has 3 atom stereocenters. The lowest BCUT2D eigenvalue weighted by molar-refractivity contribution is -0.118. The predicted molar refractivity (Wildman–Crippen MR) is 134 cm³/mol. The lowest BCUT2D eigenvalue weighted by atomic mass is 9.80. The summed E-state index contributed by atoms with van der Waals surface area (Å²) in [6.45, 7) is 23.9. The van der Waals surface area contributed by atoms with Crippen molar-refractivity contribution in [2.24, 2.45) is 11.8 Å². The van der Waals surface area contributed by atoms with E-state index in [1.54, 1.807) is 11.0 Å². The van der Waals surface area contributed by atoms with Crippen molar-refractivity contribution in [3.63, 3.8) is 0 Å². The van der Waals surface area contributed by atoms with Gasteiger partial charge < -0.3 is 14.1 Å². The third kappa shape index (κ3) is 8.24. The third-order valence-electron chi connectivity index (χ3n) is 6.33. The Labute approximate surface area is 195 Å². The van der Waals surface area contributed by atoms with Crippen molar-refractivity contribution in [3.05, 3.63) is 12.7 Å². The molecule has 180 valence electrons. The minimum atomic E-state index is -1.95. The van der Waals surface area contributed by atoms with E-state index in [-0.39, 0.29) is 34.1 Å². The van der Waals surface area contributed by atoms with Crippen LogP contribution in [0.3, 0.4) is 0 Å². The number of carbonyl (C=O) groups excluding carboxylic acids is 2. The summed E-state index contributed by atoms with van der Waals surface area (Å²) in [6, 6.07) is -0.238. The second kappa shape index (κ2) is 11.4. The van der Waals surface area contributed by atoms with Gasteiger partial charge in [-0.15, -0.1) is 6.58 Å². The van der Waals surface area contributed by atoms with Gasteiger partial charge in [0.2, 0.25) is 0 Å². The molecule has 0 saturated carbocycles. The largest absolute Gasteiger partial charge is 0.444 e. The molecule has 0 aromatic carbocycles. The van der Waals surface area contributed by atoms with E-state index < -0.39 is 13.9 Å². The van der Waals surface area contributed by atoms with Crippen LogP contribution in [0, 0.1) is 11.8 Å². The number of nitrogens with zero attached hydrogens (tertiary/aromatic N) is 1. The Bertz CT molecular complexity index is 624. The van der Waals surface area contributed by atoms with Crippen molar-refractivity contribution in [2.45, 2.75) is 97.5 Å². The molecule has 0 aromatic rings. The summed E-state index contributed by atoms with van der Waals surface area (Å²) < 4.78 is 12.3. The van der Waals surface area contributed by atoms with Crippen LogP contribution in [-0.4, -0.2) is 55.0 Å². The van der Waals surface area contributed by atoms with Crippen LogP contribution in [0.25, 0.3) is 0 Å². The van der Waals surface area contributed by atoms with E-state index in [1.807, 2.05) is 27.7 Å². The topological polar surface area (TPSA) is 55.8 Å². The predicted octanol–water partition coefficient (Wildman–Crippen LogP) is 6.50. The molecule has 0 spiro atoms. The molecular formula is C24H45NO4SSi. The highest BCUT2D eigenvalue weighted by Gasteiger charge is 2.45. The van der Waals surface area contributed by atoms with Crippen molar-refractivity contribution < 1.29 is 18.8 Å². The standard InChI is InChI=1S/C24H45NO4SSi/c1-11-14-19(21(26)30-12-2)20-18(17-28-31(9,10)24(6,7)8)15-13-16-25(20)22(27)29-23(3,4)5/h11,18-20H,1,12-17H2,2-10H3/t18-,19-,20+/m1/s1. The Kier molecular flexibility index (Phi) is 10.4. The van der Waals surface area contributed by atoms with Gasteiger partial charge in [-0.05, 0) is 63.9 Å². The Balaban J connectivity index is 3.27. The molecule has 0 bridgehead atoms. The maximum absolute atomic E-state index is 13.1. The van der Waals surface area contributed by atoms with Gasteiger partial charge >= 0.3 is 6.09 Å². The maximum atomic E-state index is 13.1. The van der Waals surface area contributed by atoms with E-state index in [0.29, 0.717) is 19.6 Å². The minimum Gasteiger partial charge on any atom is -0.444 e. The van der Waals surface area contributed by atoms with Gasteiger partial charge in [0.1, 0.15) is 5.60 Å². The number of piperidine rings is 1. The summed E-state index contributed by atoms with van der Waals surface area (Å²) in [6.07, 6.45) is 3.84. The fourth-order valence-corrected chi connectivity index (χ4v) is 5.49. The summed E-state index contributed by atoms with van der Waals surface area (Å²) in [4.78, 5) is 28.0. The molecule has 0 aliphatic carbocycles. The first kappa shape index (κ1) is 28.2. The number of amides is 1. The average molecular weight is 472 g/mol. The van der Waals surface area contributed by atoms with Crippen molar-refractivity contribution in [1.82, 2.24) is 4.90 Å². The first-order valence-corrected chi connectivity index (χ1v) is 15.4. The summed E-state index contributed by atoms with van der Waals surface area (Å²) in [7, 11) is -1.95.